The van der Waals surface area contributed by atoms with E-state index in [1.165, 1.54) is 9.58 Å². The summed E-state index contributed by atoms with van der Waals surface area (Å²) in [4.78, 5) is 22.8. The molecule has 1 aromatic carbocycles. The van der Waals surface area contributed by atoms with Gasteiger partial charge >= 0.3 is 0 Å². The molecule has 0 spiro atoms. The van der Waals surface area contributed by atoms with Gasteiger partial charge in [0.2, 0.25) is 5.91 Å². The minimum atomic E-state index is 0.169. The number of hydrogen-bond donors (Lipinski definition) is 0. The largest absolute Gasteiger partial charge is 0.338 e. The first kappa shape index (κ1) is 16.7. The normalized spacial score (nSPS) is 18.0. The van der Waals surface area contributed by atoms with Crippen molar-refractivity contribution in [2.75, 3.05) is 20.1 Å². The van der Waals surface area contributed by atoms with Crippen molar-refractivity contribution in [2.24, 2.45) is 0 Å². The molecule has 1 amide bonds. The lowest BCUT2D eigenvalue weighted by molar-refractivity contribution is -0.131. The summed E-state index contributed by atoms with van der Waals surface area (Å²) in [5.41, 5.74) is 1.01. The van der Waals surface area contributed by atoms with Crippen molar-refractivity contribution in [3.05, 3.63) is 51.7 Å². The number of para-hydroxylation sites is 1. The molecular weight excluding hydrogens is 350 g/mol. The fourth-order valence-electron chi connectivity index (χ4n) is 3.39. The second kappa shape index (κ2) is 7.23. The molecule has 25 heavy (non-hydrogen) atoms. The zero-order valence-electron chi connectivity index (χ0n) is 14.2. The van der Waals surface area contributed by atoms with Crippen LogP contribution in [0.5, 0.6) is 0 Å². The first-order valence-corrected chi connectivity index (χ1v) is 10.3. The number of thiophene rings is 1. The molecule has 0 N–H and O–H groups in total. The van der Waals surface area contributed by atoms with Crippen molar-refractivity contribution >= 4 is 38.8 Å². The SMILES string of the molecule is CN(Cc1nc2ccccc2s1)C(=O)CN1CCC[C@@H]1c1cccs1. The zero-order valence-corrected chi connectivity index (χ0v) is 15.9. The van der Waals surface area contributed by atoms with E-state index in [0.29, 0.717) is 19.1 Å². The molecule has 1 atom stereocenters. The number of thiazole rings is 1. The van der Waals surface area contributed by atoms with Crippen LogP contribution in [0.3, 0.4) is 0 Å². The van der Waals surface area contributed by atoms with Gasteiger partial charge in [-0.05, 0) is 43.0 Å². The Labute approximate surface area is 155 Å². The van der Waals surface area contributed by atoms with Gasteiger partial charge in [-0.25, -0.2) is 4.98 Å². The molecule has 0 bridgehead atoms. The minimum Gasteiger partial charge on any atom is -0.338 e. The van der Waals surface area contributed by atoms with Gasteiger partial charge in [0.05, 0.1) is 23.3 Å². The predicted octanol–water partition coefficient (Wildman–Crippen LogP) is 4.15. The van der Waals surface area contributed by atoms with Gasteiger partial charge < -0.3 is 4.90 Å². The van der Waals surface area contributed by atoms with Gasteiger partial charge in [0, 0.05) is 18.0 Å². The Morgan fingerprint density at radius 2 is 2.20 bits per heavy atom. The minimum absolute atomic E-state index is 0.169. The second-order valence-corrected chi connectivity index (χ2v) is 8.56. The lowest BCUT2D eigenvalue weighted by atomic mass is 10.2. The third-order valence-electron chi connectivity index (χ3n) is 4.71. The van der Waals surface area contributed by atoms with E-state index in [9.17, 15) is 4.79 Å². The van der Waals surface area contributed by atoms with E-state index < -0.39 is 0 Å². The molecule has 1 aliphatic rings. The summed E-state index contributed by atoms with van der Waals surface area (Å²) >= 11 is 3.46. The van der Waals surface area contributed by atoms with Crippen LogP contribution in [-0.2, 0) is 11.3 Å². The molecule has 130 valence electrons. The topological polar surface area (TPSA) is 36.4 Å². The molecule has 4 nitrogen and oxygen atoms in total. The van der Waals surface area contributed by atoms with E-state index >= 15 is 0 Å². The smallest absolute Gasteiger partial charge is 0.236 e. The van der Waals surface area contributed by atoms with Crippen molar-refractivity contribution < 1.29 is 4.79 Å². The fraction of sp³-hybridized carbons (Fsp3) is 0.368. The summed E-state index contributed by atoms with van der Waals surface area (Å²) < 4.78 is 1.18. The summed E-state index contributed by atoms with van der Waals surface area (Å²) in [5.74, 6) is 0.169. The Morgan fingerprint density at radius 1 is 1.32 bits per heavy atom. The van der Waals surface area contributed by atoms with Gasteiger partial charge in [-0.15, -0.1) is 22.7 Å². The Kier molecular flexibility index (Phi) is 4.83. The predicted molar refractivity (Wildman–Crippen MR) is 104 cm³/mol. The maximum Gasteiger partial charge on any atom is 0.236 e. The molecule has 3 heterocycles. The Balaban J connectivity index is 1.40. The van der Waals surface area contributed by atoms with E-state index in [0.717, 1.165) is 29.9 Å². The van der Waals surface area contributed by atoms with Crippen LogP contribution in [0.25, 0.3) is 10.2 Å². The van der Waals surface area contributed by atoms with Crippen molar-refractivity contribution in [3.8, 4) is 0 Å². The van der Waals surface area contributed by atoms with Crippen LogP contribution in [0, 0.1) is 0 Å². The zero-order chi connectivity index (χ0) is 17.2. The van der Waals surface area contributed by atoms with E-state index in [1.807, 2.05) is 30.1 Å². The summed E-state index contributed by atoms with van der Waals surface area (Å²) in [7, 11) is 1.88. The van der Waals surface area contributed by atoms with Crippen molar-refractivity contribution in [3.63, 3.8) is 0 Å². The first-order chi connectivity index (χ1) is 12.2. The Morgan fingerprint density at radius 3 is 3.00 bits per heavy atom. The highest BCUT2D eigenvalue weighted by Crippen LogP contribution is 2.34. The van der Waals surface area contributed by atoms with Crippen molar-refractivity contribution in [1.82, 2.24) is 14.8 Å². The molecule has 0 radical (unpaired) electrons. The van der Waals surface area contributed by atoms with E-state index in [1.54, 1.807) is 22.7 Å². The third-order valence-corrected chi connectivity index (χ3v) is 6.70. The van der Waals surface area contributed by atoms with Gasteiger partial charge in [-0.3, -0.25) is 9.69 Å². The molecule has 1 saturated heterocycles. The molecule has 0 saturated carbocycles. The van der Waals surface area contributed by atoms with Crippen molar-refractivity contribution in [2.45, 2.75) is 25.4 Å². The lowest BCUT2D eigenvalue weighted by Crippen LogP contribution is -2.37. The lowest BCUT2D eigenvalue weighted by Gasteiger charge is -2.25. The molecule has 1 fully saturated rings. The summed E-state index contributed by atoms with van der Waals surface area (Å²) in [6.07, 6.45) is 2.31. The molecule has 6 heteroatoms. The third kappa shape index (κ3) is 3.61. The van der Waals surface area contributed by atoms with Crippen LogP contribution < -0.4 is 0 Å². The quantitative estimate of drug-likeness (QED) is 0.676. The fourth-order valence-corrected chi connectivity index (χ4v) is 5.31. The first-order valence-electron chi connectivity index (χ1n) is 8.56. The van der Waals surface area contributed by atoms with E-state index in [-0.39, 0.29) is 5.91 Å². The standard InChI is InChI=1S/C19H21N3OS2/c1-21(12-18-20-14-6-2-3-8-16(14)25-18)19(23)13-22-10-4-7-15(22)17-9-5-11-24-17/h2-3,5-6,8-9,11,15H,4,7,10,12-13H2,1H3/t15-/m1/s1. The van der Waals surface area contributed by atoms with Gasteiger partial charge in [-0.1, -0.05) is 18.2 Å². The Bertz CT molecular complexity index is 826. The molecular formula is C19H21N3OS2. The van der Waals surface area contributed by atoms with Gasteiger partial charge in [0.15, 0.2) is 0 Å². The molecule has 1 aliphatic heterocycles. The average molecular weight is 372 g/mol. The summed E-state index contributed by atoms with van der Waals surface area (Å²) in [5, 5.41) is 3.11. The molecule has 0 unspecified atom stereocenters. The number of benzene rings is 1. The van der Waals surface area contributed by atoms with Crippen LogP contribution >= 0.6 is 22.7 Å². The number of likely N-dealkylation sites (tertiary alicyclic amines) is 1. The highest BCUT2D eigenvalue weighted by atomic mass is 32.1. The maximum atomic E-state index is 12.7. The Hall–Kier alpha value is -1.76. The van der Waals surface area contributed by atoms with Gasteiger partial charge in [-0.2, -0.15) is 0 Å². The van der Waals surface area contributed by atoms with E-state index in [4.69, 9.17) is 0 Å². The number of carbonyl (C=O) groups excluding carboxylic acids is 1. The molecule has 2 aromatic heterocycles. The number of nitrogens with zero attached hydrogens (tertiary/aromatic N) is 3. The van der Waals surface area contributed by atoms with E-state index in [2.05, 4.69) is 33.5 Å². The molecule has 3 aromatic rings. The van der Waals surface area contributed by atoms with Crippen molar-refractivity contribution in [1.29, 1.82) is 0 Å². The van der Waals surface area contributed by atoms with Crippen LogP contribution in [0.2, 0.25) is 0 Å². The molecule has 0 aliphatic carbocycles. The van der Waals surface area contributed by atoms with Gasteiger partial charge in [0.25, 0.3) is 0 Å². The van der Waals surface area contributed by atoms with Crippen LogP contribution in [0.1, 0.15) is 28.8 Å². The van der Waals surface area contributed by atoms with Crippen LogP contribution in [-0.4, -0.2) is 40.8 Å². The second-order valence-electron chi connectivity index (χ2n) is 6.47. The summed E-state index contributed by atoms with van der Waals surface area (Å²) in [6, 6.07) is 12.8. The highest BCUT2D eigenvalue weighted by molar-refractivity contribution is 7.18. The van der Waals surface area contributed by atoms with Crippen LogP contribution in [0.4, 0.5) is 0 Å². The number of hydrogen-bond acceptors (Lipinski definition) is 5. The van der Waals surface area contributed by atoms with Crippen LogP contribution in [0.15, 0.2) is 41.8 Å². The summed E-state index contributed by atoms with van der Waals surface area (Å²) in [6.45, 7) is 2.07. The highest BCUT2D eigenvalue weighted by Gasteiger charge is 2.29. The van der Waals surface area contributed by atoms with Gasteiger partial charge in [0.1, 0.15) is 5.01 Å². The number of likely N-dealkylation sites (N-methyl/N-ethyl adjacent to an activating group) is 1. The number of carbonyl (C=O) groups is 1. The number of amides is 1. The average Bonchev–Trinajstić information content (AvgIpc) is 3.34. The monoisotopic (exact) mass is 371 g/mol. The maximum absolute atomic E-state index is 12.7. The number of rotatable bonds is 5. The number of aromatic nitrogens is 1. The molecule has 4 rings (SSSR count). The number of fused-ring (bicyclic) bond motifs is 1.